The Balaban J connectivity index is 2.79. The largest absolute Gasteiger partial charge is 0.352 e. The molecule has 0 aliphatic rings. The minimum atomic E-state index is -3.22. The molecule has 2 rings (SSSR count). The number of benzene rings is 1. The Hall–Kier alpha value is -1.23. The third kappa shape index (κ3) is 2.00. The van der Waals surface area contributed by atoms with E-state index in [1.54, 1.807) is 18.2 Å². The van der Waals surface area contributed by atoms with Gasteiger partial charge in [0, 0.05) is 17.0 Å². The maximum absolute atomic E-state index is 13.0. The Bertz CT molecular complexity index is 601. The number of aromatic amines is 1. The van der Waals surface area contributed by atoms with Crippen molar-refractivity contribution in [1.82, 2.24) is 4.98 Å². The van der Waals surface area contributed by atoms with Gasteiger partial charge in [-0.2, -0.15) is 8.78 Å². The minimum absolute atomic E-state index is 0.409. The fourth-order valence-electron chi connectivity index (χ4n) is 1.51. The van der Waals surface area contributed by atoms with Gasteiger partial charge in [-0.1, -0.05) is 11.6 Å². The summed E-state index contributed by atoms with van der Waals surface area (Å²) >= 11 is 2.22. The van der Waals surface area contributed by atoms with E-state index in [1.807, 2.05) is 6.92 Å². The van der Waals surface area contributed by atoms with E-state index in [2.05, 4.69) is 20.9 Å². The number of aromatic nitrogens is 1. The van der Waals surface area contributed by atoms with Crippen molar-refractivity contribution < 1.29 is 8.78 Å². The first-order chi connectivity index (χ1) is 7.38. The van der Waals surface area contributed by atoms with Crippen molar-refractivity contribution in [2.24, 2.45) is 0 Å². The molecule has 0 amide bonds. The van der Waals surface area contributed by atoms with Gasteiger partial charge in [0.2, 0.25) is 0 Å². The number of pyridine rings is 1. The fourth-order valence-corrected chi connectivity index (χ4v) is 1.73. The lowest BCUT2D eigenvalue weighted by atomic mass is 10.1. The first kappa shape index (κ1) is 11.3. The Morgan fingerprint density at radius 2 is 2.00 bits per heavy atom. The quantitative estimate of drug-likeness (QED) is 0.802. The van der Waals surface area contributed by atoms with Gasteiger partial charge >= 0.3 is 4.83 Å². The van der Waals surface area contributed by atoms with Crippen molar-refractivity contribution >= 4 is 26.8 Å². The van der Waals surface area contributed by atoms with Gasteiger partial charge in [-0.15, -0.1) is 0 Å². The third-order valence-corrected chi connectivity index (χ3v) is 2.72. The van der Waals surface area contributed by atoms with Crippen LogP contribution in [0.25, 0.3) is 10.9 Å². The molecule has 2 nitrogen and oxygen atoms in total. The number of nitrogens with one attached hydrogen (secondary N) is 1. The van der Waals surface area contributed by atoms with E-state index >= 15 is 0 Å². The van der Waals surface area contributed by atoms with Crippen molar-refractivity contribution in [3.05, 3.63) is 45.7 Å². The normalized spacial score (nSPS) is 12.0. The average Bonchev–Trinajstić information content (AvgIpc) is 2.17. The second kappa shape index (κ2) is 3.66. The lowest BCUT2D eigenvalue weighted by Crippen LogP contribution is -2.12. The summed E-state index contributed by atoms with van der Waals surface area (Å²) in [6, 6.07) is 5.96. The van der Waals surface area contributed by atoms with Gasteiger partial charge in [-0.05, 0) is 35.0 Å². The zero-order valence-electron chi connectivity index (χ0n) is 8.35. The van der Waals surface area contributed by atoms with E-state index in [0.29, 0.717) is 10.9 Å². The van der Waals surface area contributed by atoms with Crippen LogP contribution in [0.2, 0.25) is 0 Å². The molecule has 0 saturated carbocycles. The zero-order chi connectivity index (χ0) is 11.9. The topological polar surface area (TPSA) is 32.9 Å². The zero-order valence-corrected chi connectivity index (χ0v) is 9.94. The van der Waals surface area contributed by atoms with Crippen molar-refractivity contribution in [1.29, 1.82) is 0 Å². The molecular formula is C11H8BrF2NO. The van der Waals surface area contributed by atoms with E-state index in [1.165, 1.54) is 0 Å². The van der Waals surface area contributed by atoms with Gasteiger partial charge in [0.15, 0.2) is 5.43 Å². The molecule has 2 aromatic rings. The summed E-state index contributed by atoms with van der Waals surface area (Å²) in [7, 11) is 0. The molecule has 0 spiro atoms. The monoisotopic (exact) mass is 287 g/mol. The lowest BCUT2D eigenvalue weighted by Gasteiger charge is -2.09. The minimum Gasteiger partial charge on any atom is -0.352 e. The van der Waals surface area contributed by atoms with E-state index < -0.39 is 16.0 Å². The Morgan fingerprint density at radius 1 is 1.31 bits per heavy atom. The summed E-state index contributed by atoms with van der Waals surface area (Å²) < 4.78 is 26.0. The van der Waals surface area contributed by atoms with E-state index in [0.717, 1.165) is 11.6 Å². The molecule has 0 atom stereocenters. The number of hydrogen-bond donors (Lipinski definition) is 1. The van der Waals surface area contributed by atoms with Gasteiger partial charge in [-0.25, -0.2) is 0 Å². The molecule has 1 aromatic carbocycles. The molecular weight excluding hydrogens is 280 g/mol. The molecule has 1 heterocycles. The van der Waals surface area contributed by atoms with Crippen LogP contribution in [0.3, 0.4) is 0 Å². The van der Waals surface area contributed by atoms with Crippen LogP contribution in [0.4, 0.5) is 8.78 Å². The number of aryl methyl sites for hydroxylation is 1. The molecule has 0 radical (unpaired) electrons. The van der Waals surface area contributed by atoms with Crippen LogP contribution in [0.1, 0.15) is 11.3 Å². The van der Waals surface area contributed by atoms with Crippen molar-refractivity contribution in [3.8, 4) is 0 Å². The van der Waals surface area contributed by atoms with E-state index in [9.17, 15) is 13.6 Å². The van der Waals surface area contributed by atoms with Crippen LogP contribution in [-0.4, -0.2) is 4.98 Å². The number of halogens is 3. The third-order valence-electron chi connectivity index (χ3n) is 2.29. The summed E-state index contributed by atoms with van der Waals surface area (Å²) in [6.45, 7) is 1.84. The predicted octanol–water partition coefficient (Wildman–Crippen LogP) is 3.28. The number of H-pyrrole nitrogens is 1. The first-order valence-electron chi connectivity index (χ1n) is 4.59. The van der Waals surface area contributed by atoms with Crippen molar-refractivity contribution in [2.75, 3.05) is 0 Å². The summed E-state index contributed by atoms with van der Waals surface area (Å²) in [4.78, 5) is 10.9. The summed E-state index contributed by atoms with van der Waals surface area (Å²) in [5, 5.41) is 0.417. The van der Waals surface area contributed by atoms with Gasteiger partial charge in [-0.3, -0.25) is 4.79 Å². The second-order valence-corrected chi connectivity index (χ2v) is 4.59. The second-order valence-electron chi connectivity index (χ2n) is 3.59. The molecule has 1 aromatic heterocycles. The molecule has 1 N–H and O–H groups in total. The highest BCUT2D eigenvalue weighted by atomic mass is 79.9. The van der Waals surface area contributed by atoms with Crippen molar-refractivity contribution in [2.45, 2.75) is 11.8 Å². The van der Waals surface area contributed by atoms with Gasteiger partial charge in [0.1, 0.15) is 5.69 Å². The van der Waals surface area contributed by atoms with E-state index in [-0.39, 0.29) is 0 Å². The van der Waals surface area contributed by atoms with Crippen molar-refractivity contribution in [3.63, 3.8) is 0 Å². The van der Waals surface area contributed by atoms with Gasteiger partial charge in [0.05, 0.1) is 0 Å². The number of hydrogen-bond acceptors (Lipinski definition) is 1. The molecule has 0 unspecified atom stereocenters. The molecule has 5 heteroatoms. The molecule has 0 fully saturated rings. The van der Waals surface area contributed by atoms with Crippen LogP contribution in [0, 0.1) is 6.92 Å². The maximum atomic E-state index is 13.0. The summed E-state index contributed by atoms with van der Waals surface area (Å²) in [5.74, 6) is 0. The Labute approximate surface area is 98.4 Å². The highest BCUT2D eigenvalue weighted by molar-refractivity contribution is 9.09. The molecule has 84 valence electrons. The maximum Gasteiger partial charge on any atom is 0.341 e. The average molecular weight is 288 g/mol. The number of alkyl halides is 3. The standard InChI is InChI=1S/C11H8BrF2NO/c1-6-2-3-8-7(4-6)9(16)5-10(15-8)11(12,13)14/h2-5H,1H3,(H,15,16). The molecule has 0 saturated heterocycles. The number of rotatable bonds is 1. The fraction of sp³-hybridized carbons (Fsp3) is 0.182. The Morgan fingerprint density at radius 3 is 2.62 bits per heavy atom. The Kier molecular flexibility index (Phi) is 2.58. The SMILES string of the molecule is Cc1ccc2[nH]c(C(F)(F)Br)cc(=O)c2c1. The summed E-state index contributed by atoms with van der Waals surface area (Å²) in [6.07, 6.45) is 0. The van der Waals surface area contributed by atoms with Crippen LogP contribution in [0.15, 0.2) is 29.1 Å². The highest BCUT2D eigenvalue weighted by Crippen LogP contribution is 2.32. The van der Waals surface area contributed by atoms with Crippen LogP contribution >= 0.6 is 15.9 Å². The highest BCUT2D eigenvalue weighted by Gasteiger charge is 2.28. The van der Waals surface area contributed by atoms with Crippen LogP contribution in [0.5, 0.6) is 0 Å². The molecule has 0 aliphatic carbocycles. The van der Waals surface area contributed by atoms with E-state index in [4.69, 9.17) is 0 Å². The van der Waals surface area contributed by atoms with Gasteiger partial charge in [0.25, 0.3) is 0 Å². The smallest absolute Gasteiger partial charge is 0.341 e. The molecule has 0 bridgehead atoms. The lowest BCUT2D eigenvalue weighted by molar-refractivity contribution is 0.109. The molecule has 16 heavy (non-hydrogen) atoms. The van der Waals surface area contributed by atoms with Crippen LogP contribution < -0.4 is 5.43 Å². The van der Waals surface area contributed by atoms with Crippen LogP contribution in [-0.2, 0) is 4.83 Å². The first-order valence-corrected chi connectivity index (χ1v) is 5.38. The molecule has 0 aliphatic heterocycles. The predicted molar refractivity (Wildman–Crippen MR) is 62.1 cm³/mol. The summed E-state index contributed by atoms with van der Waals surface area (Å²) in [5.41, 5.74) is 0.476. The van der Waals surface area contributed by atoms with Gasteiger partial charge < -0.3 is 4.98 Å². The number of fused-ring (bicyclic) bond motifs is 1.